The summed E-state index contributed by atoms with van der Waals surface area (Å²) in [5.74, 6) is -1.14. The molecule has 202 valence electrons. The van der Waals surface area contributed by atoms with Crippen molar-refractivity contribution in [2.75, 3.05) is 19.8 Å². The lowest BCUT2D eigenvalue weighted by molar-refractivity contribution is -0.126. The Morgan fingerprint density at radius 3 is 2.62 bits per heavy atom. The summed E-state index contributed by atoms with van der Waals surface area (Å²) in [6, 6.07) is 3.92. The van der Waals surface area contributed by atoms with E-state index in [0.717, 1.165) is 69.5 Å². The lowest BCUT2D eigenvalue weighted by Crippen LogP contribution is -2.54. The van der Waals surface area contributed by atoms with Gasteiger partial charge in [-0.25, -0.2) is 9.37 Å². The Bertz CT molecular complexity index is 1070. The monoisotopic (exact) mass is 553 g/mol. The highest BCUT2D eigenvalue weighted by Gasteiger charge is 2.36. The van der Waals surface area contributed by atoms with Gasteiger partial charge >= 0.3 is 0 Å². The van der Waals surface area contributed by atoms with E-state index >= 15 is 0 Å². The van der Waals surface area contributed by atoms with Gasteiger partial charge in [-0.15, -0.1) is 0 Å². The van der Waals surface area contributed by atoms with Gasteiger partial charge in [0.05, 0.1) is 16.8 Å². The van der Waals surface area contributed by atoms with Crippen molar-refractivity contribution in [1.29, 1.82) is 0 Å². The first kappa shape index (κ1) is 27.6. The number of amides is 2. The normalized spacial score (nSPS) is 17.4. The van der Waals surface area contributed by atoms with Crippen molar-refractivity contribution in [3.05, 3.63) is 39.6 Å². The zero-order chi connectivity index (χ0) is 26.3. The molecule has 1 heterocycles. The molecule has 0 radical (unpaired) electrons. The van der Waals surface area contributed by atoms with Crippen molar-refractivity contribution in [1.82, 2.24) is 15.6 Å². The summed E-state index contributed by atoms with van der Waals surface area (Å²) < 4.78 is 24.5. The van der Waals surface area contributed by atoms with Gasteiger partial charge in [-0.05, 0) is 57.1 Å². The summed E-state index contributed by atoms with van der Waals surface area (Å²) in [6.07, 6.45) is 8.21. The van der Waals surface area contributed by atoms with Crippen LogP contribution < -0.4 is 20.1 Å². The van der Waals surface area contributed by atoms with E-state index in [4.69, 9.17) is 21.1 Å². The molecule has 3 N–H and O–H groups in total. The van der Waals surface area contributed by atoms with Gasteiger partial charge in [0.15, 0.2) is 13.2 Å². The van der Waals surface area contributed by atoms with E-state index in [1.54, 1.807) is 0 Å². The Kier molecular flexibility index (Phi) is 9.61. The van der Waals surface area contributed by atoms with Crippen molar-refractivity contribution < 1.29 is 28.6 Å². The minimum atomic E-state index is -0.859. The predicted molar refractivity (Wildman–Crippen MR) is 139 cm³/mol. The fourth-order valence-corrected chi connectivity index (χ4v) is 6.09. The number of aliphatic hydroxyl groups is 1. The molecule has 2 aliphatic carbocycles. The largest absolute Gasteiger partial charge is 0.484 e. The molecular formula is C26H33ClFN3O5S. The Hall–Kier alpha value is -2.43. The zero-order valence-electron chi connectivity index (χ0n) is 20.7. The number of benzene rings is 1. The van der Waals surface area contributed by atoms with Gasteiger partial charge in [0, 0.05) is 23.0 Å². The minimum absolute atomic E-state index is 0.00988. The van der Waals surface area contributed by atoms with Crippen LogP contribution in [0.3, 0.4) is 0 Å². The average molecular weight is 554 g/mol. The van der Waals surface area contributed by atoms with Crippen LogP contribution in [0.1, 0.15) is 61.9 Å². The molecule has 8 nitrogen and oxygen atoms in total. The minimum Gasteiger partial charge on any atom is -0.484 e. The van der Waals surface area contributed by atoms with Crippen molar-refractivity contribution in [2.24, 2.45) is 0 Å². The maximum Gasteiger partial charge on any atom is 0.274 e. The number of carbonyl (C=O) groups excluding carboxylic acids is 2. The number of fused-ring (bicyclic) bond motifs is 1. The third-order valence-electron chi connectivity index (χ3n) is 6.79. The Morgan fingerprint density at radius 2 is 1.86 bits per heavy atom. The molecule has 4 rings (SSSR count). The number of halogens is 2. The molecule has 0 spiro atoms. The first-order valence-electron chi connectivity index (χ1n) is 12.8. The summed E-state index contributed by atoms with van der Waals surface area (Å²) >= 11 is 7.16. The third-order valence-corrected chi connectivity index (χ3v) is 8.17. The molecule has 1 atom stereocenters. The topological polar surface area (TPSA) is 110 Å². The van der Waals surface area contributed by atoms with Gasteiger partial charge in [0.25, 0.3) is 17.0 Å². The number of thiazole rings is 1. The van der Waals surface area contributed by atoms with Crippen LogP contribution in [0.5, 0.6) is 10.9 Å². The van der Waals surface area contributed by atoms with E-state index in [1.807, 2.05) is 0 Å². The number of aliphatic hydroxyl groups excluding tert-OH is 1. The van der Waals surface area contributed by atoms with E-state index in [0.29, 0.717) is 11.6 Å². The second-order valence-electron chi connectivity index (χ2n) is 9.76. The Morgan fingerprint density at radius 1 is 1.11 bits per heavy atom. The van der Waals surface area contributed by atoms with E-state index in [1.165, 1.54) is 28.3 Å². The molecule has 1 fully saturated rings. The van der Waals surface area contributed by atoms with Crippen LogP contribution in [-0.2, 0) is 22.4 Å². The number of carbonyl (C=O) groups is 2. The summed E-state index contributed by atoms with van der Waals surface area (Å²) in [4.78, 5) is 30.7. The Labute approximate surface area is 224 Å². The molecule has 37 heavy (non-hydrogen) atoms. The average Bonchev–Trinajstić information content (AvgIpc) is 3.30. The van der Waals surface area contributed by atoms with Gasteiger partial charge < -0.3 is 25.2 Å². The SMILES string of the molecule is O=C(COc1ccc(Cl)c(F)c1)NC[C@@H](O)CC1(NC(=O)COc2nc3c(s2)CCCC3)CCCCC1. The van der Waals surface area contributed by atoms with Crippen molar-refractivity contribution in [3.63, 3.8) is 0 Å². The van der Waals surface area contributed by atoms with Crippen LogP contribution >= 0.6 is 22.9 Å². The smallest absolute Gasteiger partial charge is 0.274 e. The summed E-state index contributed by atoms with van der Waals surface area (Å²) in [7, 11) is 0. The van der Waals surface area contributed by atoms with E-state index in [9.17, 15) is 19.1 Å². The molecule has 11 heteroatoms. The second-order valence-corrected chi connectivity index (χ2v) is 11.2. The number of hydrogen-bond acceptors (Lipinski definition) is 7. The maximum absolute atomic E-state index is 13.5. The van der Waals surface area contributed by atoms with E-state index in [2.05, 4.69) is 15.6 Å². The first-order valence-corrected chi connectivity index (χ1v) is 14.0. The third kappa shape index (κ3) is 8.02. The van der Waals surface area contributed by atoms with Crippen LogP contribution in [-0.4, -0.2) is 53.3 Å². The van der Waals surface area contributed by atoms with E-state index < -0.39 is 23.4 Å². The number of ether oxygens (including phenoxy) is 2. The van der Waals surface area contributed by atoms with Gasteiger partial charge in [-0.1, -0.05) is 42.2 Å². The molecule has 1 aromatic heterocycles. The molecule has 0 unspecified atom stereocenters. The summed E-state index contributed by atoms with van der Waals surface area (Å²) in [5, 5.41) is 16.9. The van der Waals surface area contributed by atoms with Crippen molar-refractivity contribution in [2.45, 2.75) is 75.9 Å². The highest BCUT2D eigenvalue weighted by atomic mass is 35.5. The summed E-state index contributed by atoms with van der Waals surface area (Å²) in [5.41, 5.74) is 0.536. The lowest BCUT2D eigenvalue weighted by atomic mass is 9.77. The van der Waals surface area contributed by atoms with Gasteiger partial charge in [-0.2, -0.15) is 0 Å². The number of rotatable bonds is 11. The first-order chi connectivity index (χ1) is 17.8. The predicted octanol–water partition coefficient (Wildman–Crippen LogP) is 3.96. The van der Waals surface area contributed by atoms with E-state index in [-0.39, 0.29) is 36.4 Å². The molecule has 0 bridgehead atoms. The second kappa shape index (κ2) is 12.9. The molecule has 1 saturated carbocycles. The molecule has 2 aromatic rings. The fraction of sp³-hybridized carbons (Fsp3) is 0.577. The zero-order valence-corrected chi connectivity index (χ0v) is 22.3. The molecule has 2 amide bonds. The molecule has 0 saturated heterocycles. The number of aromatic nitrogens is 1. The lowest BCUT2D eigenvalue weighted by Gasteiger charge is -2.39. The van der Waals surface area contributed by atoms with Crippen molar-refractivity contribution in [3.8, 4) is 10.9 Å². The molecule has 2 aliphatic rings. The molecular weight excluding hydrogens is 521 g/mol. The highest BCUT2D eigenvalue weighted by molar-refractivity contribution is 7.13. The fourth-order valence-electron chi connectivity index (χ4n) is 4.98. The summed E-state index contributed by atoms with van der Waals surface area (Å²) in [6.45, 7) is -0.438. The van der Waals surface area contributed by atoms with Crippen LogP contribution in [0.4, 0.5) is 4.39 Å². The highest BCUT2D eigenvalue weighted by Crippen LogP contribution is 2.33. The number of aryl methyl sites for hydroxylation is 2. The number of hydrogen-bond donors (Lipinski definition) is 3. The Balaban J connectivity index is 1.23. The van der Waals surface area contributed by atoms with Gasteiger partial charge in [-0.3, -0.25) is 9.59 Å². The van der Waals surface area contributed by atoms with Gasteiger partial charge in [0.1, 0.15) is 11.6 Å². The van der Waals surface area contributed by atoms with Crippen molar-refractivity contribution >= 4 is 34.8 Å². The standard InChI is InChI=1S/C26H33ClFN3O5S/c27-19-9-8-18(12-20(19)28)35-15-23(33)29-14-17(32)13-26(10-4-1-5-11-26)31-24(34)16-36-25-30-21-6-2-3-7-22(21)37-25/h8-9,12,17,32H,1-7,10-11,13-16H2,(H,29,33)(H,31,34)/t17-/m0/s1. The van der Waals surface area contributed by atoms with Crippen LogP contribution in [0.15, 0.2) is 18.2 Å². The number of nitrogens with one attached hydrogen (secondary N) is 2. The maximum atomic E-state index is 13.5. The van der Waals surface area contributed by atoms with Gasteiger partial charge in [0.2, 0.25) is 0 Å². The quantitative estimate of drug-likeness (QED) is 0.388. The van der Waals surface area contributed by atoms with Crippen LogP contribution in [0.2, 0.25) is 5.02 Å². The molecule has 0 aliphatic heterocycles. The van der Waals surface area contributed by atoms with Crippen LogP contribution in [0.25, 0.3) is 0 Å². The van der Waals surface area contributed by atoms with Crippen LogP contribution in [0, 0.1) is 5.82 Å². The number of nitrogens with zero attached hydrogens (tertiary/aromatic N) is 1. The molecule has 1 aromatic carbocycles.